The molecule has 1 fully saturated rings. The number of hydrogen-bond donors (Lipinski definition) is 2. The van der Waals surface area contributed by atoms with Gasteiger partial charge in [0.1, 0.15) is 0 Å². The Kier molecular flexibility index (Phi) is 9.79. The van der Waals surface area contributed by atoms with E-state index in [0.29, 0.717) is 6.79 Å². The van der Waals surface area contributed by atoms with Gasteiger partial charge < -0.3 is 25.0 Å². The molecular formula is C20H32IN5O3. The number of halogens is 1. The molecule has 1 aromatic carbocycles. The zero-order chi connectivity index (χ0) is 19.8. The lowest BCUT2D eigenvalue weighted by Gasteiger charge is -2.33. The number of amides is 1. The maximum atomic E-state index is 11.4. The number of benzene rings is 1. The summed E-state index contributed by atoms with van der Waals surface area (Å²) in [7, 11) is 0. The Hall–Kier alpha value is -1.75. The van der Waals surface area contributed by atoms with Crippen LogP contribution >= 0.6 is 24.0 Å². The number of rotatable bonds is 7. The van der Waals surface area contributed by atoms with Crippen LogP contribution in [-0.4, -0.2) is 80.8 Å². The Bertz CT molecular complexity index is 693. The predicted octanol–water partition coefficient (Wildman–Crippen LogP) is 1.29. The maximum Gasteiger partial charge on any atom is 0.231 e. The molecule has 0 radical (unpaired) electrons. The van der Waals surface area contributed by atoms with Gasteiger partial charge in [-0.15, -0.1) is 24.0 Å². The minimum Gasteiger partial charge on any atom is -0.454 e. The molecule has 0 spiro atoms. The van der Waals surface area contributed by atoms with Crippen LogP contribution < -0.4 is 20.1 Å². The van der Waals surface area contributed by atoms with Crippen LogP contribution in [0.3, 0.4) is 0 Å². The van der Waals surface area contributed by atoms with Crippen LogP contribution in [0.5, 0.6) is 11.5 Å². The Balaban J connectivity index is 0.00000300. The van der Waals surface area contributed by atoms with Crippen molar-refractivity contribution < 1.29 is 14.3 Å². The summed E-state index contributed by atoms with van der Waals surface area (Å²) in [6.07, 6.45) is 0.883. The maximum absolute atomic E-state index is 11.4. The van der Waals surface area contributed by atoms with Crippen molar-refractivity contribution in [2.24, 2.45) is 4.99 Å². The fourth-order valence-electron chi connectivity index (χ4n) is 3.35. The lowest BCUT2D eigenvalue weighted by molar-refractivity contribution is -0.130. The number of ether oxygens (including phenoxy) is 2. The first-order valence-corrected chi connectivity index (χ1v) is 10.0. The summed E-state index contributed by atoms with van der Waals surface area (Å²) in [6, 6.07) is 6.07. The van der Waals surface area contributed by atoms with E-state index in [0.717, 1.165) is 76.2 Å². The molecule has 1 saturated heterocycles. The molecule has 2 N–H and O–H groups in total. The summed E-state index contributed by atoms with van der Waals surface area (Å²) in [4.78, 5) is 20.3. The van der Waals surface area contributed by atoms with Crippen molar-refractivity contribution in [3.63, 3.8) is 0 Å². The van der Waals surface area contributed by atoms with E-state index in [2.05, 4.69) is 33.5 Å². The topological polar surface area (TPSA) is 78.4 Å². The molecule has 8 nitrogen and oxygen atoms in total. The lowest BCUT2D eigenvalue weighted by Crippen LogP contribution is -2.48. The van der Waals surface area contributed by atoms with Crippen molar-refractivity contribution in [3.8, 4) is 11.5 Å². The van der Waals surface area contributed by atoms with Crippen molar-refractivity contribution in [3.05, 3.63) is 23.8 Å². The summed E-state index contributed by atoms with van der Waals surface area (Å²) in [5, 5.41) is 6.69. The number of carbonyl (C=O) groups excluding carboxylic acids is 1. The molecule has 2 heterocycles. The smallest absolute Gasteiger partial charge is 0.231 e. The molecule has 9 heteroatoms. The lowest BCUT2D eigenvalue weighted by atomic mass is 10.1. The second-order valence-corrected chi connectivity index (χ2v) is 6.97. The van der Waals surface area contributed by atoms with Crippen LogP contribution in [0.1, 0.15) is 19.4 Å². The number of piperazine rings is 1. The van der Waals surface area contributed by atoms with E-state index < -0.39 is 0 Å². The number of nitrogens with one attached hydrogen (secondary N) is 2. The van der Waals surface area contributed by atoms with E-state index in [1.54, 1.807) is 6.92 Å². The standard InChI is InChI=1S/C20H31N5O3.HI/c1-3-21-20(23-8-9-24-10-12-25(13-11-24)16(2)26)22-7-6-17-4-5-18-19(14-17)28-15-27-18;/h4-5,14H,3,6-13,15H2,1-2H3,(H2,21,22,23);1H. The van der Waals surface area contributed by atoms with E-state index in [9.17, 15) is 4.79 Å². The molecule has 2 aliphatic rings. The second kappa shape index (κ2) is 12.1. The minimum atomic E-state index is 0. The number of carbonyl (C=O) groups is 1. The summed E-state index contributed by atoms with van der Waals surface area (Å²) >= 11 is 0. The van der Waals surface area contributed by atoms with E-state index >= 15 is 0 Å². The molecule has 2 aliphatic heterocycles. The number of aliphatic imine (C=N–C) groups is 1. The van der Waals surface area contributed by atoms with Crippen molar-refractivity contribution in [2.45, 2.75) is 20.3 Å². The summed E-state index contributed by atoms with van der Waals surface area (Å²) in [5.74, 6) is 2.64. The van der Waals surface area contributed by atoms with Gasteiger partial charge in [-0.25, -0.2) is 0 Å². The summed E-state index contributed by atoms with van der Waals surface area (Å²) in [5.41, 5.74) is 1.20. The minimum absolute atomic E-state index is 0. The number of fused-ring (bicyclic) bond motifs is 1. The predicted molar refractivity (Wildman–Crippen MR) is 124 cm³/mol. The third kappa shape index (κ3) is 7.22. The quantitative estimate of drug-likeness (QED) is 0.323. The monoisotopic (exact) mass is 517 g/mol. The normalized spacial score (nSPS) is 16.3. The Morgan fingerprint density at radius 3 is 2.62 bits per heavy atom. The largest absolute Gasteiger partial charge is 0.454 e. The van der Waals surface area contributed by atoms with Gasteiger partial charge in [-0.3, -0.25) is 14.7 Å². The molecular weight excluding hydrogens is 485 g/mol. The van der Waals surface area contributed by atoms with Gasteiger partial charge in [-0.05, 0) is 31.0 Å². The summed E-state index contributed by atoms with van der Waals surface area (Å²) in [6.45, 7) is 10.7. The first kappa shape index (κ1) is 23.5. The highest BCUT2D eigenvalue weighted by molar-refractivity contribution is 14.0. The molecule has 29 heavy (non-hydrogen) atoms. The van der Waals surface area contributed by atoms with Crippen LogP contribution in [0.2, 0.25) is 0 Å². The van der Waals surface area contributed by atoms with Crippen LogP contribution in [0.25, 0.3) is 0 Å². The SMILES string of the molecule is CCNC(=NCCN1CCN(C(C)=O)CC1)NCCc1ccc2c(c1)OCO2.I. The van der Waals surface area contributed by atoms with Crippen molar-refractivity contribution in [1.29, 1.82) is 0 Å². The molecule has 0 bridgehead atoms. The van der Waals surface area contributed by atoms with Gasteiger partial charge in [0.05, 0.1) is 6.54 Å². The third-order valence-electron chi connectivity index (χ3n) is 4.99. The average molecular weight is 517 g/mol. The molecule has 0 unspecified atom stereocenters. The van der Waals surface area contributed by atoms with Gasteiger partial charge in [-0.2, -0.15) is 0 Å². The van der Waals surface area contributed by atoms with Crippen LogP contribution in [-0.2, 0) is 11.2 Å². The third-order valence-corrected chi connectivity index (χ3v) is 4.99. The second-order valence-electron chi connectivity index (χ2n) is 6.97. The Labute approximate surface area is 190 Å². The van der Waals surface area contributed by atoms with Crippen molar-refractivity contribution >= 4 is 35.8 Å². The highest BCUT2D eigenvalue weighted by atomic mass is 127. The highest BCUT2D eigenvalue weighted by Gasteiger charge is 2.18. The van der Waals surface area contributed by atoms with Crippen LogP contribution in [0, 0.1) is 0 Å². The van der Waals surface area contributed by atoms with Crippen molar-refractivity contribution in [2.75, 3.05) is 59.2 Å². The molecule has 1 amide bonds. The molecule has 3 rings (SSSR count). The summed E-state index contributed by atoms with van der Waals surface area (Å²) < 4.78 is 10.8. The van der Waals surface area contributed by atoms with Gasteiger partial charge in [0, 0.05) is 52.7 Å². The van der Waals surface area contributed by atoms with Gasteiger partial charge in [0.15, 0.2) is 17.5 Å². The molecule has 0 saturated carbocycles. The highest BCUT2D eigenvalue weighted by Crippen LogP contribution is 2.32. The fraction of sp³-hybridized carbons (Fsp3) is 0.600. The van der Waals surface area contributed by atoms with E-state index in [4.69, 9.17) is 9.47 Å². The van der Waals surface area contributed by atoms with Crippen molar-refractivity contribution in [1.82, 2.24) is 20.4 Å². The Morgan fingerprint density at radius 1 is 1.14 bits per heavy atom. The van der Waals surface area contributed by atoms with E-state index in [1.807, 2.05) is 17.0 Å². The fourth-order valence-corrected chi connectivity index (χ4v) is 3.35. The van der Waals surface area contributed by atoms with Gasteiger partial charge in [0.25, 0.3) is 0 Å². The Morgan fingerprint density at radius 2 is 1.90 bits per heavy atom. The molecule has 0 atom stereocenters. The average Bonchev–Trinajstić information content (AvgIpc) is 3.16. The van der Waals surface area contributed by atoms with Gasteiger partial charge in [-0.1, -0.05) is 6.07 Å². The van der Waals surface area contributed by atoms with Crippen LogP contribution in [0.4, 0.5) is 0 Å². The molecule has 1 aromatic rings. The molecule has 0 aliphatic carbocycles. The zero-order valence-electron chi connectivity index (χ0n) is 17.3. The zero-order valence-corrected chi connectivity index (χ0v) is 19.6. The number of hydrogen-bond acceptors (Lipinski definition) is 5. The first-order valence-electron chi connectivity index (χ1n) is 10.0. The van der Waals surface area contributed by atoms with Gasteiger partial charge >= 0.3 is 0 Å². The molecule has 0 aromatic heterocycles. The number of nitrogens with zero attached hydrogens (tertiary/aromatic N) is 3. The van der Waals surface area contributed by atoms with Crippen LogP contribution in [0.15, 0.2) is 23.2 Å². The first-order chi connectivity index (χ1) is 13.7. The number of guanidine groups is 1. The van der Waals surface area contributed by atoms with E-state index in [-0.39, 0.29) is 29.9 Å². The molecule has 162 valence electrons. The van der Waals surface area contributed by atoms with E-state index in [1.165, 1.54) is 5.56 Å². The van der Waals surface area contributed by atoms with Gasteiger partial charge in [0.2, 0.25) is 12.7 Å².